The second-order valence-electron chi connectivity index (χ2n) is 8.39. The summed E-state index contributed by atoms with van der Waals surface area (Å²) >= 11 is 0. The minimum absolute atomic E-state index is 0.0841. The Morgan fingerprint density at radius 1 is 1.00 bits per heavy atom. The predicted octanol–water partition coefficient (Wildman–Crippen LogP) is 5.30. The maximum absolute atomic E-state index is 12.5. The van der Waals surface area contributed by atoms with Crippen molar-refractivity contribution in [1.29, 1.82) is 0 Å². The van der Waals surface area contributed by atoms with E-state index < -0.39 is 0 Å². The zero-order valence-electron chi connectivity index (χ0n) is 17.4. The van der Waals surface area contributed by atoms with E-state index >= 15 is 0 Å². The number of amides is 1. The van der Waals surface area contributed by atoms with Crippen molar-refractivity contribution in [3.05, 3.63) is 61.1 Å². The molecule has 0 unspecified atom stereocenters. The summed E-state index contributed by atoms with van der Waals surface area (Å²) in [5.74, 6) is 0.193. The molecule has 4 heterocycles. The van der Waals surface area contributed by atoms with Crippen LogP contribution in [0.1, 0.15) is 25.7 Å². The van der Waals surface area contributed by atoms with Gasteiger partial charge in [0.15, 0.2) is 0 Å². The number of rotatable bonds is 4. The average Bonchev–Trinajstić information content (AvgIpc) is 3.58. The van der Waals surface area contributed by atoms with Crippen LogP contribution < -0.4 is 5.32 Å². The average molecular weight is 422 g/mol. The molecular weight excluding hydrogens is 400 g/mol. The second-order valence-corrected chi connectivity index (χ2v) is 8.39. The summed E-state index contributed by atoms with van der Waals surface area (Å²) in [4.78, 5) is 24.9. The molecule has 7 nitrogen and oxygen atoms in total. The molecule has 1 fully saturated rings. The van der Waals surface area contributed by atoms with E-state index in [1.54, 1.807) is 18.6 Å². The van der Waals surface area contributed by atoms with Crippen molar-refractivity contribution in [3.63, 3.8) is 0 Å². The van der Waals surface area contributed by atoms with Crippen molar-refractivity contribution in [2.75, 3.05) is 5.32 Å². The normalized spacial score (nSPS) is 14.4. The number of anilines is 1. The number of benzene rings is 1. The smallest absolute Gasteiger partial charge is 0.227 e. The van der Waals surface area contributed by atoms with Crippen molar-refractivity contribution < 1.29 is 4.79 Å². The highest BCUT2D eigenvalue weighted by molar-refractivity contribution is 5.97. The van der Waals surface area contributed by atoms with Crippen LogP contribution in [0.25, 0.3) is 44.5 Å². The third-order valence-electron chi connectivity index (χ3n) is 6.26. The Morgan fingerprint density at radius 2 is 1.88 bits per heavy atom. The van der Waals surface area contributed by atoms with Crippen LogP contribution in [-0.2, 0) is 4.79 Å². The van der Waals surface area contributed by atoms with Gasteiger partial charge in [-0.3, -0.25) is 19.9 Å². The predicted molar refractivity (Wildman–Crippen MR) is 125 cm³/mol. The summed E-state index contributed by atoms with van der Waals surface area (Å²) in [6.07, 6.45) is 9.42. The van der Waals surface area contributed by atoms with Crippen molar-refractivity contribution in [3.8, 4) is 22.6 Å². The topological polar surface area (TPSA) is 99.4 Å². The molecule has 0 radical (unpaired) electrons. The Kier molecular flexibility index (Phi) is 4.45. The minimum Gasteiger partial charge on any atom is -0.353 e. The fraction of sp³-hybridized carbons (Fsp3) is 0.200. The molecule has 6 rings (SSSR count). The van der Waals surface area contributed by atoms with E-state index in [0.29, 0.717) is 5.69 Å². The molecule has 1 aromatic carbocycles. The number of hydrogen-bond donors (Lipinski definition) is 3. The van der Waals surface area contributed by atoms with Crippen LogP contribution >= 0.6 is 0 Å². The summed E-state index contributed by atoms with van der Waals surface area (Å²) in [7, 11) is 0. The van der Waals surface area contributed by atoms with Gasteiger partial charge in [0.25, 0.3) is 0 Å². The van der Waals surface area contributed by atoms with Gasteiger partial charge in [-0.25, -0.2) is 0 Å². The van der Waals surface area contributed by atoms with Gasteiger partial charge in [0.05, 0.1) is 35.0 Å². The Labute approximate surface area is 184 Å². The van der Waals surface area contributed by atoms with E-state index in [0.717, 1.165) is 70.1 Å². The fourth-order valence-electron chi connectivity index (χ4n) is 4.56. The molecule has 7 heteroatoms. The van der Waals surface area contributed by atoms with Crippen LogP contribution in [0.5, 0.6) is 0 Å². The third-order valence-corrected chi connectivity index (χ3v) is 6.26. The van der Waals surface area contributed by atoms with Gasteiger partial charge in [0.2, 0.25) is 5.91 Å². The van der Waals surface area contributed by atoms with Gasteiger partial charge in [-0.05, 0) is 37.1 Å². The van der Waals surface area contributed by atoms with Gasteiger partial charge in [-0.15, -0.1) is 0 Å². The number of carbonyl (C=O) groups excluding carboxylic acids is 1. The Hall–Kier alpha value is -4.00. The maximum Gasteiger partial charge on any atom is 0.227 e. The molecule has 1 aliphatic carbocycles. The van der Waals surface area contributed by atoms with Crippen LogP contribution in [-0.4, -0.2) is 31.1 Å². The molecule has 0 saturated heterocycles. The van der Waals surface area contributed by atoms with E-state index in [1.807, 2.05) is 24.3 Å². The molecule has 0 aliphatic heterocycles. The lowest BCUT2D eigenvalue weighted by Crippen LogP contribution is -2.20. The molecular formula is C25H22N6O. The molecule has 1 amide bonds. The summed E-state index contributed by atoms with van der Waals surface area (Å²) in [5, 5.41) is 12.7. The first kappa shape index (κ1) is 18.7. The maximum atomic E-state index is 12.5. The van der Waals surface area contributed by atoms with Crippen molar-refractivity contribution in [2.45, 2.75) is 25.7 Å². The number of nitrogens with zero attached hydrogens (tertiary/aromatic N) is 3. The monoisotopic (exact) mass is 422 g/mol. The SMILES string of the molecule is O=C(Nc1cncc(-c2cc3c(-c4cc5ccccc5[nH]4)n[nH]c3cn2)c1)C1CCCC1. The molecule has 4 aromatic heterocycles. The third kappa shape index (κ3) is 3.32. The molecule has 0 bridgehead atoms. The van der Waals surface area contributed by atoms with E-state index in [-0.39, 0.29) is 11.8 Å². The number of pyridine rings is 2. The van der Waals surface area contributed by atoms with Gasteiger partial charge in [0.1, 0.15) is 5.69 Å². The van der Waals surface area contributed by atoms with Crippen LogP contribution in [0.4, 0.5) is 5.69 Å². The van der Waals surface area contributed by atoms with Crippen molar-refractivity contribution in [2.24, 2.45) is 5.92 Å². The highest BCUT2D eigenvalue weighted by Gasteiger charge is 2.22. The van der Waals surface area contributed by atoms with Gasteiger partial charge < -0.3 is 10.3 Å². The van der Waals surface area contributed by atoms with Crippen molar-refractivity contribution in [1.82, 2.24) is 25.1 Å². The van der Waals surface area contributed by atoms with Crippen molar-refractivity contribution >= 4 is 33.4 Å². The molecule has 1 saturated carbocycles. The van der Waals surface area contributed by atoms with Crippen LogP contribution in [0.3, 0.4) is 0 Å². The first-order valence-electron chi connectivity index (χ1n) is 10.9. The largest absolute Gasteiger partial charge is 0.353 e. The molecule has 3 N–H and O–H groups in total. The highest BCUT2D eigenvalue weighted by atomic mass is 16.1. The van der Waals surface area contributed by atoms with Crippen LogP contribution in [0.15, 0.2) is 61.1 Å². The first-order chi connectivity index (χ1) is 15.7. The lowest BCUT2D eigenvalue weighted by molar-refractivity contribution is -0.119. The Morgan fingerprint density at radius 3 is 2.75 bits per heavy atom. The lowest BCUT2D eigenvalue weighted by atomic mass is 10.1. The number of carbonyl (C=O) groups is 1. The summed E-state index contributed by atoms with van der Waals surface area (Å²) in [6, 6.07) is 14.2. The van der Waals surface area contributed by atoms with Gasteiger partial charge in [-0.2, -0.15) is 5.10 Å². The van der Waals surface area contributed by atoms with Crippen LogP contribution in [0.2, 0.25) is 0 Å². The summed E-state index contributed by atoms with van der Waals surface area (Å²) < 4.78 is 0. The van der Waals surface area contributed by atoms with E-state index in [9.17, 15) is 4.79 Å². The van der Waals surface area contributed by atoms with E-state index in [4.69, 9.17) is 0 Å². The quantitative estimate of drug-likeness (QED) is 0.366. The number of nitrogens with one attached hydrogen (secondary N) is 3. The van der Waals surface area contributed by atoms with E-state index in [2.05, 4.69) is 48.7 Å². The van der Waals surface area contributed by atoms with Gasteiger partial charge in [0, 0.05) is 34.0 Å². The number of aromatic nitrogens is 5. The minimum atomic E-state index is 0.0841. The zero-order valence-corrected chi connectivity index (χ0v) is 17.4. The van der Waals surface area contributed by atoms with Gasteiger partial charge in [-0.1, -0.05) is 31.0 Å². The zero-order chi connectivity index (χ0) is 21.5. The Bertz CT molecular complexity index is 1410. The van der Waals surface area contributed by atoms with E-state index in [1.165, 1.54) is 0 Å². The standard InChI is InChI=1S/C25H22N6O/c32-25(15-5-1-2-6-15)28-18-9-17(12-26-13-18)21-11-19-23(14-27-21)30-31-24(19)22-10-16-7-3-4-8-20(16)29-22/h3-4,7-15,29H,1-2,5-6H2,(H,28,32)(H,30,31). The number of para-hydroxylation sites is 1. The summed E-state index contributed by atoms with van der Waals surface area (Å²) in [6.45, 7) is 0. The second kappa shape index (κ2) is 7.60. The molecule has 0 spiro atoms. The number of hydrogen-bond acceptors (Lipinski definition) is 4. The summed E-state index contributed by atoms with van der Waals surface area (Å²) in [5.41, 5.74) is 6.05. The fourth-order valence-corrected chi connectivity index (χ4v) is 4.56. The van der Waals surface area contributed by atoms with Crippen LogP contribution in [0, 0.1) is 5.92 Å². The number of fused-ring (bicyclic) bond motifs is 2. The molecule has 0 atom stereocenters. The molecule has 32 heavy (non-hydrogen) atoms. The lowest BCUT2D eigenvalue weighted by Gasteiger charge is -2.11. The first-order valence-corrected chi connectivity index (χ1v) is 10.9. The molecule has 5 aromatic rings. The molecule has 158 valence electrons. The van der Waals surface area contributed by atoms with Gasteiger partial charge >= 0.3 is 0 Å². The number of aromatic amines is 2. The molecule has 1 aliphatic rings. The number of H-pyrrole nitrogens is 2. The highest BCUT2D eigenvalue weighted by Crippen LogP contribution is 2.31. The Balaban J connectivity index is 1.35.